The lowest BCUT2D eigenvalue weighted by Gasteiger charge is -2.15. The van der Waals surface area contributed by atoms with Crippen molar-refractivity contribution in [2.24, 2.45) is 0 Å². The van der Waals surface area contributed by atoms with Crippen molar-refractivity contribution in [3.8, 4) is 0 Å². The van der Waals surface area contributed by atoms with Crippen LogP contribution in [0.25, 0.3) is 32.8 Å². The minimum Gasteiger partial charge on any atom is -0.342 e. The predicted molar refractivity (Wildman–Crippen MR) is 140 cm³/mol. The van der Waals surface area contributed by atoms with Gasteiger partial charge in [0, 0.05) is 22.9 Å². The number of nitrogens with one attached hydrogen (secondary N) is 2. The molecule has 6 aromatic rings. The maximum atomic E-state index is 14.0. The van der Waals surface area contributed by atoms with E-state index in [1.165, 1.54) is 6.07 Å². The van der Waals surface area contributed by atoms with Crippen LogP contribution in [0.3, 0.4) is 0 Å². The Balaban J connectivity index is 1.28. The fraction of sp³-hybridized carbons (Fsp3) is 0.0690. The zero-order valence-electron chi connectivity index (χ0n) is 19.2. The molecule has 0 aliphatic rings. The smallest absolute Gasteiger partial charge is 0.244 e. The van der Waals surface area contributed by atoms with Crippen LogP contribution in [0.2, 0.25) is 0 Å². The maximum absolute atomic E-state index is 14.0. The molecule has 2 heterocycles. The number of benzene rings is 4. The van der Waals surface area contributed by atoms with Gasteiger partial charge in [-0.1, -0.05) is 42.5 Å². The SMILES string of the molecule is O=C(Cn1c2ccccc2c(=O)c2ccccc21)Nc1ccc2nc(Cc3ccccc3F)[nH]c2c1. The highest BCUT2D eigenvalue weighted by Gasteiger charge is 2.14. The van der Waals surface area contributed by atoms with Crippen LogP contribution in [0.4, 0.5) is 10.1 Å². The summed E-state index contributed by atoms with van der Waals surface area (Å²) in [6, 6.07) is 26.7. The van der Waals surface area contributed by atoms with Gasteiger partial charge in [-0.2, -0.15) is 0 Å². The number of para-hydroxylation sites is 2. The van der Waals surface area contributed by atoms with Crippen molar-refractivity contribution in [1.29, 1.82) is 0 Å². The standard InChI is InChI=1S/C29H21FN4O2/c30-22-10-4-1-7-18(22)15-27-32-23-14-13-19(16-24(23)33-27)31-28(35)17-34-25-11-5-2-8-20(25)29(36)21-9-3-6-12-26(21)34/h1-14,16H,15,17H2,(H,31,35)(H,32,33). The van der Waals surface area contributed by atoms with Crippen molar-refractivity contribution in [3.05, 3.63) is 118 Å². The van der Waals surface area contributed by atoms with Gasteiger partial charge in [0.2, 0.25) is 5.91 Å². The molecular formula is C29H21FN4O2. The van der Waals surface area contributed by atoms with Crippen LogP contribution >= 0.6 is 0 Å². The largest absolute Gasteiger partial charge is 0.342 e. The van der Waals surface area contributed by atoms with Gasteiger partial charge in [0.1, 0.15) is 18.2 Å². The Morgan fingerprint density at radius 3 is 2.28 bits per heavy atom. The van der Waals surface area contributed by atoms with E-state index in [1.807, 2.05) is 53.1 Å². The molecule has 2 N–H and O–H groups in total. The number of halogens is 1. The second-order valence-electron chi connectivity index (χ2n) is 8.68. The van der Waals surface area contributed by atoms with E-state index < -0.39 is 0 Å². The second kappa shape index (κ2) is 8.78. The van der Waals surface area contributed by atoms with Crippen LogP contribution in [0, 0.1) is 5.82 Å². The minimum absolute atomic E-state index is 0.0425. The van der Waals surface area contributed by atoms with Gasteiger partial charge in [0.15, 0.2) is 5.43 Å². The van der Waals surface area contributed by atoms with Crippen molar-refractivity contribution in [3.63, 3.8) is 0 Å². The molecule has 0 spiro atoms. The van der Waals surface area contributed by atoms with E-state index >= 15 is 0 Å². The van der Waals surface area contributed by atoms with Crippen LogP contribution in [0.5, 0.6) is 0 Å². The number of carbonyl (C=O) groups excluding carboxylic acids is 1. The lowest BCUT2D eigenvalue weighted by atomic mass is 10.1. The van der Waals surface area contributed by atoms with Gasteiger partial charge < -0.3 is 14.9 Å². The molecule has 1 amide bonds. The molecule has 0 bridgehead atoms. The molecule has 0 unspecified atom stereocenters. The number of fused-ring (bicyclic) bond motifs is 3. The molecule has 0 fully saturated rings. The maximum Gasteiger partial charge on any atom is 0.244 e. The number of anilines is 1. The number of imidazole rings is 1. The van der Waals surface area contributed by atoms with Crippen LogP contribution < -0.4 is 10.7 Å². The third-order valence-electron chi connectivity index (χ3n) is 6.31. The van der Waals surface area contributed by atoms with Crippen LogP contribution in [-0.2, 0) is 17.8 Å². The van der Waals surface area contributed by atoms with Gasteiger partial charge in [0.05, 0.1) is 22.1 Å². The minimum atomic E-state index is -0.270. The summed E-state index contributed by atoms with van der Waals surface area (Å²) < 4.78 is 15.9. The summed E-state index contributed by atoms with van der Waals surface area (Å²) in [5.41, 5.74) is 4.02. The summed E-state index contributed by atoms with van der Waals surface area (Å²) in [6.45, 7) is 0.0425. The fourth-order valence-corrected chi connectivity index (χ4v) is 4.64. The van der Waals surface area contributed by atoms with E-state index in [2.05, 4.69) is 15.3 Å². The number of hydrogen-bond acceptors (Lipinski definition) is 3. The highest BCUT2D eigenvalue weighted by Crippen LogP contribution is 2.22. The quantitative estimate of drug-likeness (QED) is 0.327. The Morgan fingerprint density at radius 1 is 0.889 bits per heavy atom. The van der Waals surface area contributed by atoms with Gasteiger partial charge in [-0.25, -0.2) is 9.37 Å². The third kappa shape index (κ3) is 3.90. The molecule has 2 aromatic heterocycles. The van der Waals surface area contributed by atoms with Crippen molar-refractivity contribution in [2.45, 2.75) is 13.0 Å². The van der Waals surface area contributed by atoms with Gasteiger partial charge in [-0.15, -0.1) is 0 Å². The van der Waals surface area contributed by atoms with Gasteiger partial charge in [-0.05, 0) is 54.1 Å². The molecule has 6 rings (SSSR count). The van der Waals surface area contributed by atoms with Crippen LogP contribution in [0.1, 0.15) is 11.4 Å². The lowest BCUT2D eigenvalue weighted by Crippen LogP contribution is -2.21. The van der Waals surface area contributed by atoms with Gasteiger partial charge >= 0.3 is 0 Å². The first-order valence-corrected chi connectivity index (χ1v) is 11.6. The van der Waals surface area contributed by atoms with Gasteiger partial charge in [0.25, 0.3) is 0 Å². The summed E-state index contributed by atoms with van der Waals surface area (Å²) >= 11 is 0. The van der Waals surface area contributed by atoms with E-state index in [0.717, 1.165) is 11.0 Å². The molecule has 0 saturated heterocycles. The number of aromatic amines is 1. The first kappa shape index (κ1) is 21.7. The summed E-state index contributed by atoms with van der Waals surface area (Å²) in [7, 11) is 0. The number of carbonyl (C=O) groups is 1. The molecule has 176 valence electrons. The molecule has 0 saturated carbocycles. The molecule has 4 aromatic carbocycles. The first-order valence-electron chi connectivity index (χ1n) is 11.6. The van der Waals surface area contributed by atoms with E-state index in [0.29, 0.717) is 45.3 Å². The topological polar surface area (TPSA) is 79.8 Å². The highest BCUT2D eigenvalue weighted by molar-refractivity contribution is 5.98. The number of pyridine rings is 1. The normalized spacial score (nSPS) is 11.4. The van der Waals surface area contributed by atoms with E-state index in [-0.39, 0.29) is 23.7 Å². The zero-order chi connectivity index (χ0) is 24.6. The fourth-order valence-electron chi connectivity index (χ4n) is 4.64. The molecule has 7 heteroatoms. The summed E-state index contributed by atoms with van der Waals surface area (Å²) in [5.74, 6) is 0.151. The monoisotopic (exact) mass is 476 g/mol. The molecular weight excluding hydrogens is 455 g/mol. The Bertz CT molecular complexity index is 1780. The summed E-state index contributed by atoms with van der Waals surface area (Å²) in [5, 5.41) is 4.10. The van der Waals surface area contributed by atoms with Gasteiger partial charge in [-0.3, -0.25) is 9.59 Å². The number of H-pyrrole nitrogens is 1. The van der Waals surface area contributed by atoms with Crippen molar-refractivity contribution in [2.75, 3.05) is 5.32 Å². The second-order valence-corrected chi connectivity index (χ2v) is 8.68. The molecule has 6 nitrogen and oxygen atoms in total. The van der Waals surface area contributed by atoms with Crippen LogP contribution in [-0.4, -0.2) is 20.4 Å². The number of rotatable bonds is 5. The summed E-state index contributed by atoms with van der Waals surface area (Å²) in [6.07, 6.45) is 0.343. The Labute approximate surface area is 205 Å². The van der Waals surface area contributed by atoms with E-state index in [9.17, 15) is 14.0 Å². The number of nitrogens with zero attached hydrogens (tertiary/aromatic N) is 2. The average Bonchev–Trinajstić information content (AvgIpc) is 3.29. The first-order chi connectivity index (χ1) is 17.6. The van der Waals surface area contributed by atoms with E-state index in [4.69, 9.17) is 0 Å². The zero-order valence-corrected chi connectivity index (χ0v) is 19.2. The number of amides is 1. The highest BCUT2D eigenvalue weighted by atomic mass is 19.1. The van der Waals surface area contributed by atoms with Crippen molar-refractivity contribution >= 4 is 44.4 Å². The molecule has 0 atom stereocenters. The Morgan fingerprint density at radius 2 is 1.56 bits per heavy atom. The Hall–Kier alpha value is -4.78. The van der Waals surface area contributed by atoms with E-state index in [1.54, 1.807) is 36.4 Å². The summed E-state index contributed by atoms with van der Waals surface area (Å²) in [4.78, 5) is 33.8. The average molecular weight is 477 g/mol. The van der Waals surface area contributed by atoms with Crippen molar-refractivity contribution < 1.29 is 9.18 Å². The number of hydrogen-bond donors (Lipinski definition) is 2. The third-order valence-corrected chi connectivity index (χ3v) is 6.31. The molecule has 36 heavy (non-hydrogen) atoms. The Kier molecular flexibility index (Phi) is 5.30. The molecule has 0 radical (unpaired) electrons. The molecule has 0 aliphatic heterocycles. The number of aromatic nitrogens is 3. The molecule has 0 aliphatic carbocycles. The predicted octanol–water partition coefficient (Wildman–Crippen LogP) is 5.40. The van der Waals surface area contributed by atoms with Crippen LogP contribution in [0.15, 0.2) is 95.8 Å². The lowest BCUT2D eigenvalue weighted by molar-refractivity contribution is -0.116. The van der Waals surface area contributed by atoms with Crippen molar-refractivity contribution in [1.82, 2.24) is 14.5 Å².